The molecule has 3 saturated heterocycles. The van der Waals surface area contributed by atoms with Gasteiger partial charge in [0, 0.05) is 45.9 Å². The minimum atomic E-state index is 0.0328. The second-order valence-corrected chi connectivity index (χ2v) is 8.24. The molecule has 28 heavy (non-hydrogen) atoms. The first-order valence-electron chi connectivity index (χ1n) is 11.0. The van der Waals surface area contributed by atoms with Crippen LogP contribution in [0, 0.1) is 5.92 Å². The van der Waals surface area contributed by atoms with Crippen LogP contribution in [0.5, 0.6) is 0 Å². The zero-order chi connectivity index (χ0) is 19.3. The summed E-state index contributed by atoms with van der Waals surface area (Å²) in [5, 5.41) is 3.19. The molecule has 6 heteroatoms. The Hall–Kier alpha value is -1.79. The van der Waals surface area contributed by atoms with Gasteiger partial charge in [0.15, 0.2) is 0 Å². The maximum Gasteiger partial charge on any atom is 0.321 e. The van der Waals surface area contributed by atoms with Gasteiger partial charge in [-0.3, -0.25) is 0 Å². The molecule has 1 N–H and O–H groups in total. The number of likely N-dealkylation sites (tertiary alicyclic amines) is 1. The van der Waals surface area contributed by atoms with Crippen molar-refractivity contribution in [2.45, 2.75) is 38.7 Å². The van der Waals surface area contributed by atoms with Crippen LogP contribution in [-0.2, 0) is 4.74 Å². The van der Waals surface area contributed by atoms with E-state index in [4.69, 9.17) is 4.74 Å². The van der Waals surface area contributed by atoms with Crippen molar-refractivity contribution in [1.29, 1.82) is 0 Å². The number of likely N-dealkylation sites (N-methyl/N-ethyl adjacent to an activating group) is 1. The predicted molar refractivity (Wildman–Crippen MR) is 113 cm³/mol. The van der Waals surface area contributed by atoms with Crippen LogP contribution < -0.4 is 10.2 Å². The zero-order valence-corrected chi connectivity index (χ0v) is 17.1. The largest absolute Gasteiger partial charge is 0.378 e. The van der Waals surface area contributed by atoms with Crippen molar-refractivity contribution in [1.82, 2.24) is 9.80 Å². The number of hydrogen-bond donors (Lipinski definition) is 1. The van der Waals surface area contributed by atoms with E-state index in [1.165, 1.54) is 12.8 Å². The number of urea groups is 1. The van der Waals surface area contributed by atoms with E-state index >= 15 is 0 Å². The Balaban J connectivity index is 1.33. The molecule has 3 heterocycles. The molecule has 0 spiro atoms. The molecule has 0 aliphatic carbocycles. The Morgan fingerprint density at radius 3 is 2.50 bits per heavy atom. The number of para-hydroxylation sites is 2. The topological polar surface area (TPSA) is 48.0 Å². The number of piperidine rings is 1. The van der Waals surface area contributed by atoms with Crippen molar-refractivity contribution in [3.63, 3.8) is 0 Å². The number of nitrogens with one attached hydrogen (secondary N) is 1. The maximum absolute atomic E-state index is 12.9. The van der Waals surface area contributed by atoms with Crippen LogP contribution in [-0.4, -0.2) is 74.4 Å². The number of hydrogen-bond acceptors (Lipinski definition) is 4. The summed E-state index contributed by atoms with van der Waals surface area (Å²) >= 11 is 0. The SMILES string of the molecule is CCN1CCN(c2ccccc2NC(=O)N2CCC(C3CCCO3)CC2)CC1. The lowest BCUT2D eigenvalue weighted by Gasteiger charge is -2.37. The Morgan fingerprint density at radius 1 is 1.07 bits per heavy atom. The van der Waals surface area contributed by atoms with Gasteiger partial charge in [-0.2, -0.15) is 0 Å². The molecule has 6 nitrogen and oxygen atoms in total. The van der Waals surface area contributed by atoms with E-state index in [1.807, 2.05) is 17.0 Å². The third-order valence-electron chi connectivity index (χ3n) is 6.62. The third-order valence-corrected chi connectivity index (χ3v) is 6.62. The molecule has 0 aromatic heterocycles. The van der Waals surface area contributed by atoms with Crippen LogP contribution in [0.25, 0.3) is 0 Å². The number of ether oxygens (including phenoxy) is 1. The minimum absolute atomic E-state index is 0.0328. The van der Waals surface area contributed by atoms with E-state index in [-0.39, 0.29) is 6.03 Å². The van der Waals surface area contributed by atoms with Crippen LogP contribution in [0.4, 0.5) is 16.2 Å². The van der Waals surface area contributed by atoms with Crippen LogP contribution in [0.1, 0.15) is 32.6 Å². The Labute approximate surface area is 168 Å². The van der Waals surface area contributed by atoms with E-state index in [0.29, 0.717) is 12.0 Å². The van der Waals surface area contributed by atoms with Gasteiger partial charge in [0.25, 0.3) is 0 Å². The highest BCUT2D eigenvalue weighted by Crippen LogP contribution is 2.30. The standard InChI is InChI=1S/C22H34N4O2/c1-2-24-13-15-25(16-14-24)20-7-4-3-6-19(20)23-22(27)26-11-9-18(10-12-26)21-8-5-17-28-21/h3-4,6-7,18,21H,2,5,8-17H2,1H3,(H,23,27). The quantitative estimate of drug-likeness (QED) is 0.863. The molecule has 1 aromatic carbocycles. The van der Waals surface area contributed by atoms with Crippen LogP contribution >= 0.6 is 0 Å². The molecule has 3 aliphatic rings. The van der Waals surface area contributed by atoms with Crippen LogP contribution in [0.3, 0.4) is 0 Å². The molecule has 4 rings (SSSR count). The first-order chi connectivity index (χ1) is 13.7. The molecule has 1 unspecified atom stereocenters. The summed E-state index contributed by atoms with van der Waals surface area (Å²) in [6, 6.07) is 8.25. The zero-order valence-electron chi connectivity index (χ0n) is 17.1. The average Bonchev–Trinajstić information content (AvgIpc) is 3.29. The van der Waals surface area contributed by atoms with Gasteiger partial charge in [0.1, 0.15) is 0 Å². The summed E-state index contributed by atoms with van der Waals surface area (Å²) in [7, 11) is 0. The van der Waals surface area contributed by atoms with Gasteiger partial charge in [-0.15, -0.1) is 0 Å². The number of benzene rings is 1. The molecule has 3 fully saturated rings. The van der Waals surface area contributed by atoms with E-state index in [9.17, 15) is 4.79 Å². The van der Waals surface area contributed by atoms with Gasteiger partial charge >= 0.3 is 6.03 Å². The summed E-state index contributed by atoms with van der Waals surface area (Å²) in [6.07, 6.45) is 4.91. The number of rotatable bonds is 4. The molecule has 1 aromatic rings. The predicted octanol–water partition coefficient (Wildman–Crippen LogP) is 3.25. The molecule has 1 atom stereocenters. The molecular formula is C22H34N4O2. The number of nitrogens with zero attached hydrogens (tertiary/aromatic N) is 3. The van der Waals surface area contributed by atoms with E-state index in [1.54, 1.807) is 0 Å². The summed E-state index contributed by atoms with van der Waals surface area (Å²) in [5.41, 5.74) is 2.07. The lowest BCUT2D eigenvalue weighted by atomic mass is 9.90. The molecule has 2 amide bonds. The second kappa shape index (κ2) is 9.14. The highest BCUT2D eigenvalue weighted by atomic mass is 16.5. The number of carbonyl (C=O) groups excluding carboxylic acids is 1. The third kappa shape index (κ3) is 4.44. The van der Waals surface area contributed by atoms with Crippen molar-refractivity contribution in [3.8, 4) is 0 Å². The average molecular weight is 387 g/mol. The lowest BCUT2D eigenvalue weighted by molar-refractivity contribution is 0.0382. The molecule has 0 radical (unpaired) electrons. The molecule has 3 aliphatic heterocycles. The Kier molecular flexibility index (Phi) is 6.37. The van der Waals surface area contributed by atoms with Gasteiger partial charge in [-0.25, -0.2) is 4.79 Å². The van der Waals surface area contributed by atoms with Crippen molar-refractivity contribution in [3.05, 3.63) is 24.3 Å². The van der Waals surface area contributed by atoms with Crippen LogP contribution in [0.15, 0.2) is 24.3 Å². The minimum Gasteiger partial charge on any atom is -0.378 e. The van der Waals surface area contributed by atoms with Gasteiger partial charge in [0.05, 0.1) is 17.5 Å². The van der Waals surface area contributed by atoms with Crippen LogP contribution in [0.2, 0.25) is 0 Å². The molecule has 154 valence electrons. The molecule has 0 saturated carbocycles. The fraction of sp³-hybridized carbons (Fsp3) is 0.682. The van der Waals surface area contributed by atoms with Crippen molar-refractivity contribution in [2.75, 3.05) is 62.6 Å². The van der Waals surface area contributed by atoms with Gasteiger partial charge in [0.2, 0.25) is 0 Å². The smallest absolute Gasteiger partial charge is 0.321 e. The first kappa shape index (κ1) is 19.5. The van der Waals surface area contributed by atoms with Crippen molar-refractivity contribution < 1.29 is 9.53 Å². The molecular weight excluding hydrogens is 352 g/mol. The summed E-state index contributed by atoms with van der Waals surface area (Å²) < 4.78 is 5.85. The van der Waals surface area contributed by atoms with E-state index in [0.717, 1.165) is 76.6 Å². The number of amides is 2. The summed E-state index contributed by atoms with van der Waals surface area (Å²) in [5.74, 6) is 0.619. The number of piperazine rings is 1. The Morgan fingerprint density at radius 2 is 1.82 bits per heavy atom. The molecule has 0 bridgehead atoms. The second-order valence-electron chi connectivity index (χ2n) is 8.24. The first-order valence-corrected chi connectivity index (χ1v) is 11.0. The lowest BCUT2D eigenvalue weighted by Crippen LogP contribution is -2.46. The van der Waals surface area contributed by atoms with Gasteiger partial charge in [-0.1, -0.05) is 19.1 Å². The van der Waals surface area contributed by atoms with Gasteiger partial charge < -0.3 is 24.8 Å². The van der Waals surface area contributed by atoms with Crippen molar-refractivity contribution in [2.24, 2.45) is 5.92 Å². The maximum atomic E-state index is 12.9. The summed E-state index contributed by atoms with van der Waals surface area (Å²) in [6.45, 7) is 10.1. The summed E-state index contributed by atoms with van der Waals surface area (Å²) in [4.78, 5) is 19.7. The number of carbonyl (C=O) groups is 1. The fourth-order valence-corrected chi connectivity index (χ4v) is 4.80. The highest BCUT2D eigenvalue weighted by molar-refractivity contribution is 5.93. The van der Waals surface area contributed by atoms with Gasteiger partial charge in [-0.05, 0) is 50.3 Å². The Bertz CT molecular complexity index is 646. The van der Waals surface area contributed by atoms with E-state index < -0.39 is 0 Å². The number of anilines is 2. The fourth-order valence-electron chi connectivity index (χ4n) is 4.80. The van der Waals surface area contributed by atoms with E-state index in [2.05, 4.69) is 34.2 Å². The normalized spacial score (nSPS) is 24.5. The van der Waals surface area contributed by atoms with Crippen molar-refractivity contribution >= 4 is 17.4 Å². The monoisotopic (exact) mass is 386 g/mol. The highest BCUT2D eigenvalue weighted by Gasteiger charge is 2.31.